The van der Waals surface area contributed by atoms with Crippen LogP contribution in [0, 0.1) is 0 Å². The average molecular weight is 379 g/mol. The molecule has 0 unspecified atom stereocenters. The lowest BCUT2D eigenvalue weighted by Crippen LogP contribution is -2.31. The predicted octanol–water partition coefficient (Wildman–Crippen LogP) is 2.82. The van der Waals surface area contributed by atoms with E-state index in [9.17, 15) is 14.7 Å². The van der Waals surface area contributed by atoms with Crippen molar-refractivity contribution in [1.82, 2.24) is 9.55 Å². The predicted molar refractivity (Wildman–Crippen MR) is 104 cm³/mol. The Labute approximate surface area is 162 Å². The molecule has 0 bridgehead atoms. The highest BCUT2D eigenvalue weighted by molar-refractivity contribution is 6.22. The quantitative estimate of drug-likeness (QED) is 0.666. The summed E-state index contributed by atoms with van der Waals surface area (Å²) in [5, 5.41) is 9.71. The van der Waals surface area contributed by atoms with Crippen molar-refractivity contribution in [2.24, 2.45) is 0 Å². The molecular weight excluding hydrogens is 358 g/mol. The maximum Gasteiger partial charge on any atom is 0.257 e. The Balaban J connectivity index is 1.67. The molecule has 0 aliphatic carbocycles. The van der Waals surface area contributed by atoms with Crippen LogP contribution in [0.5, 0.6) is 5.75 Å². The van der Waals surface area contributed by atoms with E-state index >= 15 is 0 Å². The fourth-order valence-electron chi connectivity index (χ4n) is 3.55. The van der Waals surface area contributed by atoms with Gasteiger partial charge in [0.2, 0.25) is 5.91 Å². The third kappa shape index (κ3) is 3.03. The van der Waals surface area contributed by atoms with Gasteiger partial charge < -0.3 is 14.4 Å². The number of anilines is 1. The number of ether oxygens (including phenoxy) is 1. The van der Waals surface area contributed by atoms with E-state index in [0.29, 0.717) is 29.4 Å². The molecule has 1 N–H and O–H groups in total. The van der Waals surface area contributed by atoms with Crippen LogP contribution in [-0.4, -0.2) is 33.1 Å². The second-order valence-electron chi connectivity index (χ2n) is 6.67. The number of benzene rings is 2. The molecule has 1 atom stereocenters. The zero-order valence-corrected chi connectivity index (χ0v) is 15.5. The molecule has 1 aliphatic rings. The molecule has 0 saturated carbocycles. The van der Waals surface area contributed by atoms with E-state index in [2.05, 4.69) is 4.98 Å². The molecular formula is C21H21N3O4. The van der Waals surface area contributed by atoms with Crippen LogP contribution < -0.4 is 9.64 Å². The minimum atomic E-state index is -0.724. The molecule has 1 aliphatic heterocycles. The first-order chi connectivity index (χ1) is 13.6. The monoisotopic (exact) mass is 379 g/mol. The lowest BCUT2D eigenvalue weighted by Gasteiger charge is -2.17. The Morgan fingerprint density at radius 2 is 1.89 bits per heavy atom. The Morgan fingerprint density at radius 1 is 1.14 bits per heavy atom. The summed E-state index contributed by atoms with van der Waals surface area (Å²) in [7, 11) is 0. The lowest BCUT2D eigenvalue weighted by atomic mass is 10.2. The second kappa shape index (κ2) is 7.44. The smallest absolute Gasteiger partial charge is 0.257 e. The molecule has 7 nitrogen and oxygen atoms in total. The first-order valence-corrected chi connectivity index (χ1v) is 9.30. The van der Waals surface area contributed by atoms with E-state index in [1.54, 1.807) is 28.8 Å². The van der Waals surface area contributed by atoms with Crippen molar-refractivity contribution in [1.29, 1.82) is 0 Å². The maximum absolute atomic E-state index is 13.1. The van der Waals surface area contributed by atoms with Crippen LogP contribution in [0.15, 0.2) is 48.5 Å². The number of hydrogen-bond acceptors (Lipinski definition) is 5. The van der Waals surface area contributed by atoms with E-state index in [1.807, 2.05) is 31.2 Å². The molecule has 3 aromatic rings. The normalized spacial score (nSPS) is 16.9. The number of fused-ring (bicyclic) bond motifs is 1. The van der Waals surface area contributed by atoms with Gasteiger partial charge in [-0.2, -0.15) is 0 Å². The first kappa shape index (κ1) is 18.2. The summed E-state index contributed by atoms with van der Waals surface area (Å²) in [5.41, 5.74) is 1.92. The number of aliphatic hydroxyl groups is 1. The zero-order chi connectivity index (χ0) is 19.7. The fourth-order valence-corrected chi connectivity index (χ4v) is 3.55. The summed E-state index contributed by atoms with van der Waals surface area (Å²) in [6.45, 7) is 2.33. The molecule has 0 spiro atoms. The second-order valence-corrected chi connectivity index (χ2v) is 6.67. The molecule has 2 heterocycles. The van der Waals surface area contributed by atoms with Gasteiger partial charge in [-0.05, 0) is 42.8 Å². The van der Waals surface area contributed by atoms with Gasteiger partial charge in [0.05, 0.1) is 29.7 Å². The van der Waals surface area contributed by atoms with Crippen molar-refractivity contribution in [3.63, 3.8) is 0 Å². The number of para-hydroxylation sites is 2. The van der Waals surface area contributed by atoms with Crippen LogP contribution in [0.4, 0.5) is 5.69 Å². The van der Waals surface area contributed by atoms with Crippen molar-refractivity contribution in [3.8, 4) is 5.75 Å². The summed E-state index contributed by atoms with van der Waals surface area (Å²) in [6.07, 6.45) is 0.929. The molecule has 28 heavy (non-hydrogen) atoms. The number of aliphatic hydroxyl groups excluding tert-OH is 1. The van der Waals surface area contributed by atoms with Crippen molar-refractivity contribution in [3.05, 3.63) is 54.4 Å². The van der Waals surface area contributed by atoms with Crippen molar-refractivity contribution in [2.75, 3.05) is 11.5 Å². The summed E-state index contributed by atoms with van der Waals surface area (Å²) >= 11 is 0. The van der Waals surface area contributed by atoms with E-state index in [4.69, 9.17) is 4.74 Å². The van der Waals surface area contributed by atoms with Gasteiger partial charge in [-0.1, -0.05) is 19.1 Å². The molecule has 0 radical (unpaired) electrons. The third-order valence-corrected chi connectivity index (χ3v) is 4.81. The standard InChI is InChI=1S/C21H21N3O4/c1-2-11-28-15-9-7-14(8-10-15)23-20(26)12-18(21(23)27)24-17-6-4-3-5-16(17)22-19(24)13-25/h3-10,18,25H,2,11-13H2,1H3/t18-/m0/s1. The van der Waals surface area contributed by atoms with Crippen LogP contribution in [0.25, 0.3) is 11.0 Å². The Morgan fingerprint density at radius 3 is 2.61 bits per heavy atom. The van der Waals surface area contributed by atoms with Crippen LogP contribution in [0.1, 0.15) is 31.6 Å². The Bertz CT molecular complexity index is 1030. The van der Waals surface area contributed by atoms with Crippen LogP contribution in [0.3, 0.4) is 0 Å². The third-order valence-electron chi connectivity index (χ3n) is 4.81. The summed E-state index contributed by atoms with van der Waals surface area (Å²) in [5.74, 6) is 0.464. The fraction of sp³-hybridized carbons (Fsp3) is 0.286. The number of imidazole rings is 1. The number of aromatic nitrogens is 2. The molecule has 1 aromatic heterocycles. The number of nitrogens with zero attached hydrogens (tertiary/aromatic N) is 3. The maximum atomic E-state index is 13.1. The molecule has 144 valence electrons. The van der Waals surface area contributed by atoms with Gasteiger partial charge in [-0.25, -0.2) is 9.88 Å². The van der Waals surface area contributed by atoms with Crippen molar-refractivity contribution in [2.45, 2.75) is 32.4 Å². The van der Waals surface area contributed by atoms with Gasteiger partial charge in [0.25, 0.3) is 5.91 Å². The topological polar surface area (TPSA) is 84.7 Å². The van der Waals surface area contributed by atoms with Gasteiger partial charge in [0.15, 0.2) is 0 Å². The average Bonchev–Trinajstić information content (AvgIpc) is 3.23. The molecule has 1 saturated heterocycles. The first-order valence-electron chi connectivity index (χ1n) is 9.30. The molecule has 7 heteroatoms. The van der Waals surface area contributed by atoms with Gasteiger partial charge in [-0.3, -0.25) is 9.59 Å². The largest absolute Gasteiger partial charge is 0.494 e. The molecule has 4 rings (SSSR count). The number of imide groups is 1. The van der Waals surface area contributed by atoms with Crippen molar-refractivity contribution >= 4 is 28.5 Å². The minimum absolute atomic E-state index is 0.0280. The minimum Gasteiger partial charge on any atom is -0.494 e. The van der Waals surface area contributed by atoms with Crippen LogP contribution >= 0.6 is 0 Å². The van der Waals surface area contributed by atoms with E-state index in [-0.39, 0.29) is 24.8 Å². The number of rotatable bonds is 6. The Hall–Kier alpha value is -3.19. The number of amides is 2. The van der Waals surface area contributed by atoms with Crippen LogP contribution in [-0.2, 0) is 16.2 Å². The SMILES string of the molecule is CCCOc1ccc(N2C(=O)C[C@H](n3c(CO)nc4ccccc43)C2=O)cc1. The van der Waals surface area contributed by atoms with Gasteiger partial charge in [0.1, 0.15) is 24.2 Å². The highest BCUT2D eigenvalue weighted by atomic mass is 16.5. The molecule has 2 amide bonds. The van der Waals surface area contributed by atoms with E-state index in [1.165, 1.54) is 4.90 Å². The van der Waals surface area contributed by atoms with E-state index < -0.39 is 6.04 Å². The van der Waals surface area contributed by atoms with Gasteiger partial charge >= 0.3 is 0 Å². The van der Waals surface area contributed by atoms with Gasteiger partial charge in [0, 0.05) is 0 Å². The Kier molecular flexibility index (Phi) is 4.83. The lowest BCUT2D eigenvalue weighted by molar-refractivity contribution is -0.122. The number of carbonyl (C=O) groups is 2. The number of carbonyl (C=O) groups excluding carboxylic acids is 2. The number of hydrogen-bond donors (Lipinski definition) is 1. The van der Waals surface area contributed by atoms with E-state index in [0.717, 1.165) is 11.9 Å². The summed E-state index contributed by atoms with van der Waals surface area (Å²) in [6, 6.07) is 13.5. The van der Waals surface area contributed by atoms with Gasteiger partial charge in [-0.15, -0.1) is 0 Å². The van der Waals surface area contributed by atoms with Crippen molar-refractivity contribution < 1.29 is 19.4 Å². The highest BCUT2D eigenvalue weighted by Crippen LogP contribution is 2.33. The summed E-state index contributed by atoms with van der Waals surface area (Å²) < 4.78 is 7.23. The zero-order valence-electron chi connectivity index (χ0n) is 15.5. The molecule has 2 aromatic carbocycles. The van der Waals surface area contributed by atoms with Crippen LogP contribution in [0.2, 0.25) is 0 Å². The summed E-state index contributed by atoms with van der Waals surface area (Å²) in [4.78, 5) is 31.4. The highest BCUT2D eigenvalue weighted by Gasteiger charge is 2.42. The molecule has 1 fully saturated rings.